The van der Waals surface area contributed by atoms with E-state index in [2.05, 4.69) is 9.97 Å². The fourth-order valence-corrected chi connectivity index (χ4v) is 1.27. The molecule has 1 saturated carbocycles. The van der Waals surface area contributed by atoms with Gasteiger partial charge < -0.3 is 10.7 Å². The lowest BCUT2D eigenvalue weighted by Crippen LogP contribution is -2.01. The molecular weight excluding hydrogens is 126 g/mol. The predicted octanol–water partition coefficient (Wildman–Crippen LogP) is 0.533. The van der Waals surface area contributed by atoms with Gasteiger partial charge in [0.25, 0.3) is 0 Å². The van der Waals surface area contributed by atoms with Crippen molar-refractivity contribution in [1.29, 1.82) is 0 Å². The topological polar surface area (TPSA) is 54.7 Å². The Morgan fingerprint density at radius 3 is 2.90 bits per heavy atom. The van der Waals surface area contributed by atoms with Gasteiger partial charge in [0, 0.05) is 17.7 Å². The minimum Gasteiger partial charge on any atom is -0.348 e. The van der Waals surface area contributed by atoms with Gasteiger partial charge in [0.15, 0.2) is 0 Å². The molecular formula is C7H11N3. The van der Waals surface area contributed by atoms with E-state index in [1.165, 1.54) is 0 Å². The van der Waals surface area contributed by atoms with Crippen molar-refractivity contribution >= 4 is 0 Å². The van der Waals surface area contributed by atoms with Gasteiger partial charge in [0.1, 0.15) is 0 Å². The zero-order chi connectivity index (χ0) is 7.14. The molecule has 2 unspecified atom stereocenters. The normalized spacial score (nSPS) is 30.6. The van der Waals surface area contributed by atoms with Gasteiger partial charge in [-0.1, -0.05) is 0 Å². The number of aromatic amines is 1. The number of rotatable bonds is 1. The summed E-state index contributed by atoms with van der Waals surface area (Å²) in [6.45, 7) is 2.04. The third-order valence-electron chi connectivity index (χ3n) is 2.06. The zero-order valence-electron chi connectivity index (χ0n) is 5.96. The van der Waals surface area contributed by atoms with Crippen molar-refractivity contribution < 1.29 is 0 Å². The van der Waals surface area contributed by atoms with Crippen LogP contribution in [-0.4, -0.2) is 16.0 Å². The lowest BCUT2D eigenvalue weighted by Gasteiger charge is -1.91. The predicted molar refractivity (Wildman–Crippen MR) is 38.7 cm³/mol. The standard InChI is InChI=1S/C7H11N3/c1-4-7(10-3-9-4)5-2-6(5)8/h3,5-6H,2,8H2,1H3,(H,9,10). The number of imidazole rings is 1. The molecule has 54 valence electrons. The van der Waals surface area contributed by atoms with E-state index in [9.17, 15) is 0 Å². The van der Waals surface area contributed by atoms with Crippen LogP contribution in [0.15, 0.2) is 6.33 Å². The molecule has 0 saturated heterocycles. The number of aryl methyl sites for hydroxylation is 1. The molecule has 1 fully saturated rings. The highest BCUT2D eigenvalue weighted by molar-refractivity contribution is 5.23. The molecule has 3 heteroatoms. The molecule has 2 rings (SSSR count). The van der Waals surface area contributed by atoms with Gasteiger partial charge in [-0.15, -0.1) is 0 Å². The van der Waals surface area contributed by atoms with E-state index in [1.807, 2.05) is 6.92 Å². The first-order valence-electron chi connectivity index (χ1n) is 3.54. The van der Waals surface area contributed by atoms with Gasteiger partial charge >= 0.3 is 0 Å². The van der Waals surface area contributed by atoms with E-state index in [4.69, 9.17) is 5.73 Å². The van der Waals surface area contributed by atoms with Crippen LogP contribution in [-0.2, 0) is 0 Å². The van der Waals surface area contributed by atoms with Crippen molar-refractivity contribution in [3.05, 3.63) is 17.7 Å². The molecule has 0 radical (unpaired) electrons. The highest BCUT2D eigenvalue weighted by atomic mass is 14.9. The van der Waals surface area contributed by atoms with Crippen LogP contribution in [0, 0.1) is 6.92 Å². The van der Waals surface area contributed by atoms with E-state index in [0.29, 0.717) is 12.0 Å². The van der Waals surface area contributed by atoms with E-state index in [1.54, 1.807) is 6.33 Å². The van der Waals surface area contributed by atoms with Gasteiger partial charge in [0.05, 0.1) is 12.0 Å². The summed E-state index contributed by atoms with van der Waals surface area (Å²) >= 11 is 0. The lowest BCUT2D eigenvalue weighted by molar-refractivity contribution is 0.946. The van der Waals surface area contributed by atoms with Gasteiger partial charge in [0.2, 0.25) is 0 Å². The summed E-state index contributed by atoms with van der Waals surface area (Å²) in [5.74, 6) is 0.534. The van der Waals surface area contributed by atoms with Gasteiger partial charge in [-0.05, 0) is 13.3 Å². The summed E-state index contributed by atoms with van der Waals surface area (Å²) in [5, 5.41) is 0. The fourth-order valence-electron chi connectivity index (χ4n) is 1.27. The molecule has 2 atom stereocenters. The molecule has 0 spiro atoms. The van der Waals surface area contributed by atoms with Crippen molar-refractivity contribution in [2.45, 2.75) is 25.3 Å². The highest BCUT2D eigenvalue weighted by Gasteiger charge is 2.37. The summed E-state index contributed by atoms with van der Waals surface area (Å²) in [6.07, 6.45) is 2.83. The molecule has 1 aliphatic carbocycles. The Morgan fingerprint density at radius 2 is 2.50 bits per heavy atom. The Kier molecular flexibility index (Phi) is 1.08. The second-order valence-electron chi connectivity index (χ2n) is 2.92. The monoisotopic (exact) mass is 137 g/mol. The molecule has 0 amide bonds. The quantitative estimate of drug-likeness (QED) is 0.593. The SMILES string of the molecule is Cc1[nH]cnc1C1CC1N. The van der Waals surface area contributed by atoms with E-state index in [0.717, 1.165) is 17.8 Å². The van der Waals surface area contributed by atoms with Gasteiger partial charge in [-0.3, -0.25) is 0 Å². The van der Waals surface area contributed by atoms with Crippen LogP contribution in [0.1, 0.15) is 23.7 Å². The van der Waals surface area contributed by atoms with Crippen LogP contribution in [0.3, 0.4) is 0 Å². The number of hydrogen-bond donors (Lipinski definition) is 2. The van der Waals surface area contributed by atoms with Crippen molar-refractivity contribution in [3.8, 4) is 0 Å². The lowest BCUT2D eigenvalue weighted by atomic mass is 10.2. The maximum atomic E-state index is 5.67. The smallest absolute Gasteiger partial charge is 0.0925 e. The van der Waals surface area contributed by atoms with Crippen molar-refractivity contribution in [3.63, 3.8) is 0 Å². The molecule has 1 aromatic heterocycles. The van der Waals surface area contributed by atoms with Crippen molar-refractivity contribution in [2.24, 2.45) is 5.73 Å². The van der Waals surface area contributed by atoms with E-state index in [-0.39, 0.29) is 0 Å². The Bertz CT molecular complexity index is 241. The van der Waals surface area contributed by atoms with Gasteiger partial charge in [-0.2, -0.15) is 0 Å². The molecule has 1 aliphatic rings. The maximum absolute atomic E-state index is 5.67. The minimum atomic E-state index is 0.363. The summed E-state index contributed by atoms with van der Waals surface area (Å²) in [6, 6.07) is 0.363. The molecule has 10 heavy (non-hydrogen) atoms. The number of nitrogens with two attached hydrogens (primary N) is 1. The Morgan fingerprint density at radius 1 is 1.80 bits per heavy atom. The van der Waals surface area contributed by atoms with Crippen LogP contribution in [0.2, 0.25) is 0 Å². The number of nitrogens with zero attached hydrogens (tertiary/aromatic N) is 1. The first kappa shape index (κ1) is 5.92. The van der Waals surface area contributed by atoms with Crippen molar-refractivity contribution in [1.82, 2.24) is 9.97 Å². The molecule has 0 aliphatic heterocycles. The third-order valence-corrected chi connectivity index (χ3v) is 2.06. The first-order valence-corrected chi connectivity index (χ1v) is 3.54. The zero-order valence-corrected chi connectivity index (χ0v) is 5.96. The maximum Gasteiger partial charge on any atom is 0.0925 e. The Labute approximate surface area is 59.7 Å². The van der Waals surface area contributed by atoms with Crippen LogP contribution in [0.5, 0.6) is 0 Å². The number of hydrogen-bond acceptors (Lipinski definition) is 2. The molecule has 0 bridgehead atoms. The van der Waals surface area contributed by atoms with E-state index < -0.39 is 0 Å². The average molecular weight is 137 g/mol. The summed E-state index contributed by atoms with van der Waals surface area (Å²) in [5.41, 5.74) is 8.00. The van der Waals surface area contributed by atoms with Crippen LogP contribution < -0.4 is 5.73 Å². The minimum absolute atomic E-state index is 0.363. The number of aromatic nitrogens is 2. The second kappa shape index (κ2) is 1.83. The van der Waals surface area contributed by atoms with E-state index >= 15 is 0 Å². The number of H-pyrrole nitrogens is 1. The average Bonchev–Trinajstić information content (AvgIpc) is 2.42. The molecule has 1 heterocycles. The fraction of sp³-hybridized carbons (Fsp3) is 0.571. The van der Waals surface area contributed by atoms with Crippen LogP contribution >= 0.6 is 0 Å². The Balaban J connectivity index is 2.26. The molecule has 1 aromatic rings. The van der Waals surface area contributed by atoms with Crippen molar-refractivity contribution in [2.75, 3.05) is 0 Å². The largest absolute Gasteiger partial charge is 0.348 e. The summed E-state index contributed by atoms with van der Waals surface area (Å²) in [4.78, 5) is 7.24. The third kappa shape index (κ3) is 0.743. The summed E-state index contributed by atoms with van der Waals surface area (Å²) < 4.78 is 0. The second-order valence-corrected chi connectivity index (χ2v) is 2.92. The molecule has 3 nitrogen and oxygen atoms in total. The van der Waals surface area contributed by atoms with Crippen LogP contribution in [0.25, 0.3) is 0 Å². The molecule has 0 aromatic carbocycles. The first-order chi connectivity index (χ1) is 4.79. The summed E-state index contributed by atoms with van der Waals surface area (Å²) in [7, 11) is 0. The number of nitrogens with one attached hydrogen (secondary N) is 1. The Hall–Kier alpha value is -0.830. The van der Waals surface area contributed by atoms with Gasteiger partial charge in [-0.25, -0.2) is 4.98 Å². The highest BCUT2D eigenvalue weighted by Crippen LogP contribution is 2.38. The van der Waals surface area contributed by atoms with Crippen LogP contribution in [0.4, 0.5) is 0 Å². The molecule has 3 N–H and O–H groups in total.